The summed E-state index contributed by atoms with van der Waals surface area (Å²) in [6.45, 7) is 4.99. The summed E-state index contributed by atoms with van der Waals surface area (Å²) in [6, 6.07) is 0.193. The maximum absolute atomic E-state index is 11.1. The zero-order valence-electron chi connectivity index (χ0n) is 7.63. The molecule has 1 unspecified atom stereocenters. The first-order valence-electron chi connectivity index (χ1n) is 4.32. The molecule has 1 fully saturated rings. The molecule has 0 aromatic carbocycles. The van der Waals surface area contributed by atoms with Crippen LogP contribution in [-0.2, 0) is 4.79 Å². The zero-order valence-corrected chi connectivity index (χ0v) is 7.63. The third kappa shape index (κ3) is 2.03. The lowest BCUT2D eigenvalue weighted by Gasteiger charge is -2.34. The summed E-state index contributed by atoms with van der Waals surface area (Å²) in [5.74, 6) is 1.04. The van der Waals surface area contributed by atoms with Crippen LogP contribution < -0.4 is 0 Å². The number of likely N-dealkylation sites (N-methyl/N-ethyl adjacent to an activating group) is 1. The van der Waals surface area contributed by atoms with E-state index < -0.39 is 0 Å². The molecule has 1 heterocycles. The molecule has 2 heteroatoms. The monoisotopic (exact) mass is 155 g/mol. The summed E-state index contributed by atoms with van der Waals surface area (Å²) in [6.07, 6.45) is 2.28. The van der Waals surface area contributed by atoms with E-state index in [2.05, 4.69) is 11.8 Å². The summed E-state index contributed by atoms with van der Waals surface area (Å²) in [5.41, 5.74) is 0. The molecule has 2 nitrogen and oxygen atoms in total. The van der Waals surface area contributed by atoms with Crippen LogP contribution in [0.15, 0.2) is 0 Å². The van der Waals surface area contributed by atoms with Crippen molar-refractivity contribution >= 4 is 5.78 Å². The van der Waals surface area contributed by atoms with Gasteiger partial charge in [-0.15, -0.1) is 0 Å². The molecule has 1 aliphatic heterocycles. The molecule has 2 atom stereocenters. The predicted molar refractivity (Wildman–Crippen MR) is 45.5 cm³/mol. The van der Waals surface area contributed by atoms with Gasteiger partial charge in [-0.1, -0.05) is 6.92 Å². The number of carbonyl (C=O) groups is 1. The fourth-order valence-corrected chi connectivity index (χ4v) is 1.74. The van der Waals surface area contributed by atoms with Gasteiger partial charge in [0.05, 0.1) is 6.04 Å². The van der Waals surface area contributed by atoms with Gasteiger partial charge in [-0.05, 0) is 39.3 Å². The molecule has 0 aromatic rings. The lowest BCUT2D eigenvalue weighted by molar-refractivity contribution is -0.123. The smallest absolute Gasteiger partial charge is 0.146 e. The van der Waals surface area contributed by atoms with E-state index in [-0.39, 0.29) is 6.04 Å². The Morgan fingerprint density at radius 3 is 2.64 bits per heavy atom. The Bertz CT molecular complexity index is 156. The highest BCUT2D eigenvalue weighted by atomic mass is 16.1. The highest BCUT2D eigenvalue weighted by Crippen LogP contribution is 2.21. The lowest BCUT2D eigenvalue weighted by atomic mass is 9.91. The van der Waals surface area contributed by atoms with E-state index in [1.54, 1.807) is 6.92 Å². The zero-order chi connectivity index (χ0) is 8.43. The topological polar surface area (TPSA) is 20.3 Å². The molecule has 0 aliphatic carbocycles. The van der Waals surface area contributed by atoms with E-state index in [4.69, 9.17) is 0 Å². The number of carbonyl (C=O) groups excluding carboxylic acids is 1. The fraction of sp³-hybridized carbons (Fsp3) is 0.889. The van der Waals surface area contributed by atoms with Gasteiger partial charge in [0.25, 0.3) is 0 Å². The van der Waals surface area contributed by atoms with Crippen LogP contribution in [0.4, 0.5) is 0 Å². The predicted octanol–water partition coefficient (Wildman–Crippen LogP) is 1.31. The molecule has 0 N–H and O–H groups in total. The molecule has 0 bridgehead atoms. The number of hydrogen-bond donors (Lipinski definition) is 0. The van der Waals surface area contributed by atoms with Crippen LogP contribution in [0.3, 0.4) is 0 Å². The molecule has 1 saturated heterocycles. The molecular weight excluding hydrogens is 138 g/mol. The molecule has 0 amide bonds. The second-order valence-electron chi connectivity index (χ2n) is 3.74. The first kappa shape index (κ1) is 8.72. The van der Waals surface area contributed by atoms with Crippen molar-refractivity contribution in [3.63, 3.8) is 0 Å². The molecule has 0 spiro atoms. The molecular formula is C9H17NO. The minimum absolute atomic E-state index is 0.193. The van der Waals surface area contributed by atoms with Crippen molar-refractivity contribution in [3.05, 3.63) is 0 Å². The Morgan fingerprint density at radius 2 is 2.18 bits per heavy atom. The average molecular weight is 155 g/mol. The van der Waals surface area contributed by atoms with Crippen LogP contribution in [0.25, 0.3) is 0 Å². The van der Waals surface area contributed by atoms with Crippen molar-refractivity contribution in [2.24, 2.45) is 5.92 Å². The Morgan fingerprint density at radius 1 is 1.55 bits per heavy atom. The number of hydrogen-bond acceptors (Lipinski definition) is 2. The first-order chi connectivity index (χ1) is 5.11. The van der Waals surface area contributed by atoms with Crippen molar-refractivity contribution in [1.82, 2.24) is 4.90 Å². The quantitative estimate of drug-likeness (QED) is 0.569. The summed E-state index contributed by atoms with van der Waals surface area (Å²) >= 11 is 0. The van der Waals surface area contributed by atoms with Crippen LogP contribution in [-0.4, -0.2) is 30.3 Å². The van der Waals surface area contributed by atoms with Crippen LogP contribution in [0.1, 0.15) is 26.7 Å². The van der Waals surface area contributed by atoms with Gasteiger partial charge in [-0.2, -0.15) is 0 Å². The second kappa shape index (κ2) is 3.35. The number of ketones is 1. The largest absolute Gasteiger partial charge is 0.298 e. The van der Waals surface area contributed by atoms with Gasteiger partial charge in [-0.3, -0.25) is 9.69 Å². The van der Waals surface area contributed by atoms with E-state index in [0.717, 1.165) is 18.9 Å². The summed E-state index contributed by atoms with van der Waals surface area (Å²) in [7, 11) is 2.04. The van der Waals surface area contributed by atoms with Crippen LogP contribution in [0.2, 0.25) is 0 Å². The molecule has 11 heavy (non-hydrogen) atoms. The van der Waals surface area contributed by atoms with E-state index >= 15 is 0 Å². The molecule has 0 radical (unpaired) electrons. The summed E-state index contributed by atoms with van der Waals surface area (Å²) in [4.78, 5) is 13.3. The molecule has 0 aromatic heterocycles. The number of rotatable bonds is 1. The Hall–Kier alpha value is -0.370. The van der Waals surface area contributed by atoms with Gasteiger partial charge in [0.15, 0.2) is 0 Å². The highest BCUT2D eigenvalue weighted by molar-refractivity contribution is 5.81. The van der Waals surface area contributed by atoms with Crippen molar-refractivity contribution in [2.45, 2.75) is 32.7 Å². The number of Topliss-reactive ketones (excluding diaryl/α,β-unsaturated/α-hetero) is 1. The highest BCUT2D eigenvalue weighted by Gasteiger charge is 2.26. The molecule has 64 valence electrons. The van der Waals surface area contributed by atoms with Crippen LogP contribution in [0, 0.1) is 5.92 Å². The standard InChI is InChI=1S/C9H17NO/c1-7-4-5-10(3)9(6-7)8(2)11/h7,9H,4-6H2,1-3H3/t7?,9-/m0/s1. The number of piperidine rings is 1. The van der Waals surface area contributed by atoms with Crippen molar-refractivity contribution in [2.75, 3.05) is 13.6 Å². The summed E-state index contributed by atoms with van der Waals surface area (Å²) < 4.78 is 0. The van der Waals surface area contributed by atoms with Crippen LogP contribution in [0.5, 0.6) is 0 Å². The van der Waals surface area contributed by atoms with Gasteiger partial charge < -0.3 is 0 Å². The fourth-order valence-electron chi connectivity index (χ4n) is 1.74. The minimum atomic E-state index is 0.193. The van der Waals surface area contributed by atoms with Gasteiger partial charge in [0.2, 0.25) is 0 Å². The molecule has 0 saturated carbocycles. The van der Waals surface area contributed by atoms with Crippen LogP contribution >= 0.6 is 0 Å². The summed E-state index contributed by atoms with van der Waals surface area (Å²) in [5, 5.41) is 0. The van der Waals surface area contributed by atoms with Crippen molar-refractivity contribution in [3.8, 4) is 0 Å². The van der Waals surface area contributed by atoms with Crippen molar-refractivity contribution < 1.29 is 4.79 Å². The Kier molecular flexibility index (Phi) is 2.66. The molecule has 1 aliphatic rings. The Balaban J connectivity index is 2.54. The SMILES string of the molecule is CC(=O)[C@@H]1CC(C)CCN1C. The third-order valence-electron chi connectivity index (χ3n) is 2.60. The lowest BCUT2D eigenvalue weighted by Crippen LogP contribution is -2.43. The average Bonchev–Trinajstić information content (AvgIpc) is 1.94. The Labute approximate surface area is 68.6 Å². The second-order valence-corrected chi connectivity index (χ2v) is 3.74. The van der Waals surface area contributed by atoms with Crippen molar-refractivity contribution in [1.29, 1.82) is 0 Å². The van der Waals surface area contributed by atoms with E-state index in [0.29, 0.717) is 5.78 Å². The van der Waals surface area contributed by atoms with Gasteiger partial charge in [-0.25, -0.2) is 0 Å². The minimum Gasteiger partial charge on any atom is -0.298 e. The number of nitrogens with zero attached hydrogens (tertiary/aromatic N) is 1. The number of likely N-dealkylation sites (tertiary alicyclic amines) is 1. The van der Waals surface area contributed by atoms with Gasteiger partial charge in [0.1, 0.15) is 5.78 Å². The maximum Gasteiger partial charge on any atom is 0.146 e. The van der Waals surface area contributed by atoms with Gasteiger partial charge >= 0.3 is 0 Å². The molecule has 1 rings (SSSR count). The maximum atomic E-state index is 11.1. The van der Waals surface area contributed by atoms with Gasteiger partial charge in [0, 0.05) is 0 Å². The van der Waals surface area contributed by atoms with E-state index in [9.17, 15) is 4.79 Å². The van der Waals surface area contributed by atoms with E-state index in [1.807, 2.05) is 7.05 Å². The normalized spacial score (nSPS) is 33.7. The third-order valence-corrected chi connectivity index (χ3v) is 2.60. The first-order valence-corrected chi connectivity index (χ1v) is 4.32. The van der Waals surface area contributed by atoms with E-state index in [1.165, 1.54) is 6.42 Å².